The Morgan fingerprint density at radius 1 is 1.32 bits per heavy atom. The van der Waals surface area contributed by atoms with E-state index >= 15 is 0 Å². The summed E-state index contributed by atoms with van der Waals surface area (Å²) >= 11 is 0. The van der Waals surface area contributed by atoms with Crippen molar-refractivity contribution >= 4 is 11.8 Å². The summed E-state index contributed by atoms with van der Waals surface area (Å²) in [7, 11) is 1.70. The van der Waals surface area contributed by atoms with Crippen LogP contribution in [0.1, 0.15) is 29.5 Å². The van der Waals surface area contributed by atoms with Gasteiger partial charge >= 0.3 is 12.1 Å². The standard InChI is InChI=1S/C20H20F3N5O3/c1-10-14(8-24)18(25-12-4-6-15(19(30)31)28(2)9-12)27-26-17(10)13-5-3-11(7-16(13)29)20(21,22)23/h3,5,7,12,15,29H,4,6,9H2,1-2H3,(H,25,27)(H,30,31). The Hall–Kier alpha value is -3.39. The minimum absolute atomic E-state index is 0.0303. The molecule has 0 amide bonds. The number of carboxylic acid groups (broad SMARTS) is 1. The first-order valence-electron chi connectivity index (χ1n) is 9.40. The number of phenols is 1. The topological polar surface area (TPSA) is 122 Å². The number of piperidine rings is 1. The van der Waals surface area contributed by atoms with E-state index in [0.717, 1.165) is 12.1 Å². The van der Waals surface area contributed by atoms with Crippen LogP contribution in [0.25, 0.3) is 11.3 Å². The van der Waals surface area contributed by atoms with Crippen LogP contribution < -0.4 is 5.32 Å². The molecule has 2 aromatic rings. The molecular weight excluding hydrogens is 415 g/mol. The van der Waals surface area contributed by atoms with Gasteiger partial charge in [0.15, 0.2) is 5.82 Å². The molecule has 3 N–H and O–H groups in total. The van der Waals surface area contributed by atoms with E-state index < -0.39 is 29.5 Å². The lowest BCUT2D eigenvalue weighted by atomic mass is 9.98. The first-order valence-corrected chi connectivity index (χ1v) is 9.40. The van der Waals surface area contributed by atoms with E-state index in [2.05, 4.69) is 15.5 Å². The zero-order valence-electron chi connectivity index (χ0n) is 16.7. The Labute approximate surface area is 175 Å². The number of aromatic hydroxyl groups is 1. The van der Waals surface area contributed by atoms with Gasteiger partial charge in [-0.25, -0.2) is 0 Å². The van der Waals surface area contributed by atoms with Crippen LogP contribution in [-0.4, -0.2) is 57.0 Å². The highest BCUT2D eigenvalue weighted by molar-refractivity contribution is 5.74. The van der Waals surface area contributed by atoms with Gasteiger partial charge in [0.25, 0.3) is 0 Å². The second kappa shape index (κ2) is 8.39. The van der Waals surface area contributed by atoms with Crippen LogP contribution >= 0.6 is 0 Å². The van der Waals surface area contributed by atoms with Crippen molar-refractivity contribution in [2.45, 2.75) is 38.0 Å². The number of nitrogens with zero attached hydrogens (tertiary/aromatic N) is 4. The van der Waals surface area contributed by atoms with Crippen LogP contribution in [-0.2, 0) is 11.0 Å². The monoisotopic (exact) mass is 435 g/mol. The van der Waals surface area contributed by atoms with E-state index in [4.69, 9.17) is 0 Å². The fourth-order valence-corrected chi connectivity index (χ4v) is 3.69. The Bertz CT molecular complexity index is 1050. The van der Waals surface area contributed by atoms with Gasteiger partial charge in [0, 0.05) is 18.2 Å². The molecule has 11 heteroatoms. The quantitative estimate of drug-likeness (QED) is 0.670. The zero-order chi connectivity index (χ0) is 22.9. The van der Waals surface area contributed by atoms with Crippen LogP contribution in [0.2, 0.25) is 0 Å². The number of alkyl halides is 3. The summed E-state index contributed by atoms with van der Waals surface area (Å²) in [5, 5.41) is 40.1. The number of benzene rings is 1. The third-order valence-electron chi connectivity index (χ3n) is 5.36. The van der Waals surface area contributed by atoms with Crippen molar-refractivity contribution < 1.29 is 28.2 Å². The van der Waals surface area contributed by atoms with E-state index in [1.807, 2.05) is 6.07 Å². The molecule has 2 heterocycles. The fourth-order valence-electron chi connectivity index (χ4n) is 3.69. The number of halogens is 3. The summed E-state index contributed by atoms with van der Waals surface area (Å²) in [5.41, 5.74) is -0.378. The number of nitriles is 1. The van der Waals surface area contributed by atoms with Crippen molar-refractivity contribution in [2.75, 3.05) is 18.9 Å². The lowest BCUT2D eigenvalue weighted by Crippen LogP contribution is -2.49. The first-order chi connectivity index (χ1) is 14.5. The lowest BCUT2D eigenvalue weighted by molar-refractivity contribution is -0.144. The summed E-state index contributed by atoms with van der Waals surface area (Å²) < 4.78 is 38.5. The number of carbonyl (C=O) groups is 1. The van der Waals surface area contributed by atoms with Gasteiger partial charge in [-0.1, -0.05) is 0 Å². The van der Waals surface area contributed by atoms with Crippen LogP contribution in [0.4, 0.5) is 19.0 Å². The van der Waals surface area contributed by atoms with Crippen molar-refractivity contribution in [3.05, 3.63) is 34.9 Å². The van der Waals surface area contributed by atoms with Gasteiger partial charge in [-0.15, -0.1) is 10.2 Å². The zero-order valence-corrected chi connectivity index (χ0v) is 16.7. The van der Waals surface area contributed by atoms with Gasteiger partial charge in [-0.05, 0) is 50.6 Å². The highest BCUT2D eigenvalue weighted by Crippen LogP contribution is 2.37. The average molecular weight is 435 g/mol. The summed E-state index contributed by atoms with van der Waals surface area (Å²) in [6, 6.07) is 3.80. The number of likely N-dealkylation sites (N-methyl/N-ethyl adjacent to an activating group) is 1. The van der Waals surface area contributed by atoms with Crippen molar-refractivity contribution in [1.29, 1.82) is 5.26 Å². The van der Waals surface area contributed by atoms with Gasteiger partial charge in [0.1, 0.15) is 29.1 Å². The summed E-state index contributed by atoms with van der Waals surface area (Å²) in [6.07, 6.45) is -3.63. The SMILES string of the molecule is Cc1c(-c2ccc(C(F)(F)F)cc2O)nnc(NC2CCC(C(=O)O)N(C)C2)c1C#N. The molecule has 1 saturated heterocycles. The van der Waals surface area contributed by atoms with E-state index in [0.29, 0.717) is 31.0 Å². The smallest absolute Gasteiger partial charge is 0.416 e. The number of rotatable bonds is 4. The van der Waals surface area contributed by atoms with Gasteiger partial charge in [-0.3, -0.25) is 9.69 Å². The van der Waals surface area contributed by atoms with Crippen molar-refractivity contribution in [3.8, 4) is 23.1 Å². The van der Waals surface area contributed by atoms with Crippen LogP contribution in [0.5, 0.6) is 5.75 Å². The maximum absolute atomic E-state index is 12.8. The number of aliphatic carboxylic acids is 1. The van der Waals surface area contributed by atoms with E-state index in [1.54, 1.807) is 18.9 Å². The molecule has 1 aliphatic rings. The van der Waals surface area contributed by atoms with Crippen molar-refractivity contribution in [3.63, 3.8) is 0 Å². The van der Waals surface area contributed by atoms with Crippen LogP contribution in [0.15, 0.2) is 18.2 Å². The molecule has 2 atom stereocenters. The van der Waals surface area contributed by atoms with E-state index in [9.17, 15) is 33.4 Å². The van der Waals surface area contributed by atoms with E-state index in [-0.39, 0.29) is 28.7 Å². The first kappa shape index (κ1) is 22.3. The van der Waals surface area contributed by atoms with Crippen molar-refractivity contribution in [2.24, 2.45) is 0 Å². The number of hydrogen-bond donors (Lipinski definition) is 3. The number of anilines is 1. The lowest BCUT2D eigenvalue weighted by Gasteiger charge is -2.35. The number of hydrogen-bond acceptors (Lipinski definition) is 7. The third-order valence-corrected chi connectivity index (χ3v) is 5.36. The predicted octanol–water partition coefficient (Wildman–Crippen LogP) is 3.01. The Morgan fingerprint density at radius 2 is 2.03 bits per heavy atom. The molecule has 164 valence electrons. The maximum atomic E-state index is 12.8. The molecule has 1 aliphatic heterocycles. The number of nitrogens with one attached hydrogen (secondary N) is 1. The largest absolute Gasteiger partial charge is 0.507 e. The van der Waals surface area contributed by atoms with Gasteiger partial charge in [0.05, 0.1) is 5.56 Å². The Kier molecular flexibility index (Phi) is 6.03. The molecule has 1 aromatic carbocycles. The minimum atomic E-state index is -4.60. The molecular formula is C20H20F3N5O3. The summed E-state index contributed by atoms with van der Waals surface area (Å²) in [5.74, 6) is -1.32. The second-order valence-electron chi connectivity index (χ2n) is 7.45. The van der Waals surface area contributed by atoms with E-state index in [1.165, 1.54) is 0 Å². The molecule has 0 bridgehead atoms. The molecule has 0 spiro atoms. The van der Waals surface area contributed by atoms with Crippen LogP contribution in [0, 0.1) is 18.3 Å². The van der Waals surface area contributed by atoms with Gasteiger partial charge < -0.3 is 15.5 Å². The highest BCUT2D eigenvalue weighted by atomic mass is 19.4. The van der Waals surface area contributed by atoms with Gasteiger partial charge in [-0.2, -0.15) is 18.4 Å². The third kappa shape index (κ3) is 4.54. The molecule has 0 aliphatic carbocycles. The van der Waals surface area contributed by atoms with Crippen molar-refractivity contribution in [1.82, 2.24) is 15.1 Å². The number of carboxylic acids is 1. The molecule has 0 saturated carbocycles. The molecule has 0 radical (unpaired) electrons. The summed E-state index contributed by atoms with van der Waals surface area (Å²) in [4.78, 5) is 12.9. The number of likely N-dealkylation sites (tertiary alicyclic amines) is 1. The summed E-state index contributed by atoms with van der Waals surface area (Å²) in [6.45, 7) is 1.99. The minimum Gasteiger partial charge on any atom is -0.507 e. The average Bonchev–Trinajstić information content (AvgIpc) is 2.68. The number of phenolic OH excluding ortho intramolecular Hbond substituents is 1. The highest BCUT2D eigenvalue weighted by Gasteiger charge is 2.32. The van der Waals surface area contributed by atoms with Gasteiger partial charge in [0.2, 0.25) is 0 Å². The van der Waals surface area contributed by atoms with Crippen LogP contribution in [0.3, 0.4) is 0 Å². The number of aromatic nitrogens is 2. The second-order valence-corrected chi connectivity index (χ2v) is 7.45. The molecule has 3 rings (SSSR count). The Morgan fingerprint density at radius 3 is 2.58 bits per heavy atom. The molecule has 31 heavy (non-hydrogen) atoms. The molecule has 8 nitrogen and oxygen atoms in total. The Balaban J connectivity index is 1.88. The fraction of sp³-hybridized carbons (Fsp3) is 0.400. The molecule has 1 fully saturated rings. The molecule has 1 aromatic heterocycles. The predicted molar refractivity (Wildman–Crippen MR) is 104 cm³/mol. The normalized spacial score (nSPS) is 19.6. The maximum Gasteiger partial charge on any atom is 0.416 e. The molecule has 2 unspecified atom stereocenters.